The highest BCUT2D eigenvalue weighted by molar-refractivity contribution is 5.93. The normalized spacial score (nSPS) is 10.1. The lowest BCUT2D eigenvalue weighted by Gasteiger charge is -2.09. The molecule has 1 rings (SSSR count). The second kappa shape index (κ2) is 5.97. The zero-order valence-corrected chi connectivity index (χ0v) is 9.23. The molecule has 0 aliphatic heterocycles. The van der Waals surface area contributed by atoms with Crippen LogP contribution in [0.5, 0.6) is 5.75 Å². The van der Waals surface area contributed by atoms with Crippen LogP contribution in [0.4, 0.5) is 5.69 Å². The van der Waals surface area contributed by atoms with Gasteiger partial charge in [-0.2, -0.15) is 0 Å². The number of hydrogen-bond donors (Lipinski definition) is 2. The molecule has 0 saturated heterocycles. The fraction of sp³-hybridized carbons (Fsp3) is 0.364. The third kappa shape index (κ3) is 3.43. The van der Waals surface area contributed by atoms with Crippen molar-refractivity contribution in [2.24, 2.45) is 5.73 Å². The van der Waals surface area contributed by atoms with Crippen LogP contribution in [0.15, 0.2) is 18.2 Å². The second-order valence-electron chi connectivity index (χ2n) is 3.31. The molecule has 1 aromatic rings. The number of methoxy groups -OCH3 is 1. The molecule has 4 N–H and O–H groups in total. The average molecular weight is 224 g/mol. The van der Waals surface area contributed by atoms with Crippen molar-refractivity contribution in [1.29, 1.82) is 0 Å². The first-order chi connectivity index (χ1) is 7.65. The quantitative estimate of drug-likeness (QED) is 0.552. The predicted molar refractivity (Wildman–Crippen MR) is 61.4 cm³/mol. The van der Waals surface area contributed by atoms with E-state index in [1.165, 1.54) is 0 Å². The number of primary amides is 1. The number of amides is 1. The summed E-state index contributed by atoms with van der Waals surface area (Å²) in [4.78, 5) is 10.9. The molecule has 5 heteroatoms. The summed E-state index contributed by atoms with van der Waals surface area (Å²) in [5.74, 6) is -0.0193. The van der Waals surface area contributed by atoms with Crippen molar-refractivity contribution in [1.82, 2.24) is 0 Å². The summed E-state index contributed by atoms with van der Waals surface area (Å²) in [7, 11) is 1.63. The molecule has 1 aromatic carbocycles. The third-order valence-corrected chi connectivity index (χ3v) is 2.05. The van der Waals surface area contributed by atoms with Gasteiger partial charge in [0.2, 0.25) is 5.91 Å². The Morgan fingerprint density at radius 2 is 2.12 bits per heavy atom. The van der Waals surface area contributed by atoms with Crippen molar-refractivity contribution in [2.45, 2.75) is 6.42 Å². The Morgan fingerprint density at radius 1 is 1.38 bits per heavy atom. The molecule has 0 fully saturated rings. The number of nitrogens with two attached hydrogens (primary N) is 2. The number of carbonyl (C=O) groups is 1. The number of carbonyl (C=O) groups excluding carboxylic acids is 1. The van der Waals surface area contributed by atoms with E-state index in [0.29, 0.717) is 30.2 Å². The lowest BCUT2D eigenvalue weighted by molar-refractivity contribution is 0.0999. The van der Waals surface area contributed by atoms with Gasteiger partial charge in [0.15, 0.2) is 0 Å². The minimum Gasteiger partial charge on any atom is -0.491 e. The van der Waals surface area contributed by atoms with Gasteiger partial charge >= 0.3 is 0 Å². The summed E-state index contributed by atoms with van der Waals surface area (Å²) in [6, 6.07) is 4.72. The maximum atomic E-state index is 10.9. The van der Waals surface area contributed by atoms with Crippen molar-refractivity contribution >= 4 is 11.6 Å². The number of ether oxygens (including phenoxy) is 2. The summed E-state index contributed by atoms with van der Waals surface area (Å²) in [6.45, 7) is 1.11. The topological polar surface area (TPSA) is 87.6 Å². The lowest BCUT2D eigenvalue weighted by atomic mass is 10.2. The molecule has 0 unspecified atom stereocenters. The van der Waals surface area contributed by atoms with Crippen molar-refractivity contribution in [3.8, 4) is 5.75 Å². The summed E-state index contributed by atoms with van der Waals surface area (Å²) in [5, 5.41) is 0. The van der Waals surface area contributed by atoms with Crippen molar-refractivity contribution in [2.75, 3.05) is 26.1 Å². The Balaban J connectivity index is 2.63. The Kier molecular flexibility index (Phi) is 4.60. The summed E-state index contributed by atoms with van der Waals surface area (Å²) in [5.41, 5.74) is 11.7. The Morgan fingerprint density at radius 3 is 2.75 bits per heavy atom. The molecule has 0 atom stereocenters. The molecule has 0 aliphatic carbocycles. The van der Waals surface area contributed by atoms with Gasteiger partial charge in [0, 0.05) is 25.7 Å². The average Bonchev–Trinajstić information content (AvgIpc) is 2.26. The van der Waals surface area contributed by atoms with Crippen LogP contribution < -0.4 is 16.2 Å². The van der Waals surface area contributed by atoms with Crippen molar-refractivity contribution < 1.29 is 14.3 Å². The van der Waals surface area contributed by atoms with Crippen molar-refractivity contribution in [3.05, 3.63) is 23.8 Å². The first-order valence-corrected chi connectivity index (χ1v) is 4.96. The van der Waals surface area contributed by atoms with Gasteiger partial charge in [0.05, 0.1) is 12.3 Å². The van der Waals surface area contributed by atoms with E-state index in [1.807, 2.05) is 0 Å². The van der Waals surface area contributed by atoms with Crippen LogP contribution in [0.25, 0.3) is 0 Å². The maximum absolute atomic E-state index is 10.9. The zero-order chi connectivity index (χ0) is 12.0. The highest BCUT2D eigenvalue weighted by Gasteiger charge is 2.05. The van der Waals surface area contributed by atoms with Crippen LogP contribution in [0.1, 0.15) is 16.8 Å². The van der Waals surface area contributed by atoms with E-state index in [0.717, 1.165) is 6.42 Å². The number of benzene rings is 1. The minimum absolute atomic E-state index is 0.385. The monoisotopic (exact) mass is 224 g/mol. The first-order valence-electron chi connectivity index (χ1n) is 4.96. The zero-order valence-electron chi connectivity index (χ0n) is 9.23. The van der Waals surface area contributed by atoms with Crippen LogP contribution >= 0.6 is 0 Å². The molecule has 88 valence electrons. The van der Waals surface area contributed by atoms with Gasteiger partial charge in [-0.25, -0.2) is 0 Å². The highest BCUT2D eigenvalue weighted by atomic mass is 16.5. The molecule has 0 spiro atoms. The van der Waals surface area contributed by atoms with E-state index in [1.54, 1.807) is 25.3 Å². The smallest absolute Gasteiger partial charge is 0.248 e. The molecule has 16 heavy (non-hydrogen) atoms. The van der Waals surface area contributed by atoms with Gasteiger partial charge in [0.1, 0.15) is 5.75 Å². The summed E-state index contributed by atoms with van der Waals surface area (Å²) in [6.07, 6.45) is 0.761. The summed E-state index contributed by atoms with van der Waals surface area (Å²) >= 11 is 0. The van der Waals surface area contributed by atoms with Crippen molar-refractivity contribution in [3.63, 3.8) is 0 Å². The van der Waals surface area contributed by atoms with Gasteiger partial charge in [0.25, 0.3) is 0 Å². The largest absolute Gasteiger partial charge is 0.491 e. The van der Waals surface area contributed by atoms with E-state index in [9.17, 15) is 4.79 Å². The Bertz CT molecular complexity index is 366. The number of hydrogen-bond acceptors (Lipinski definition) is 4. The SMILES string of the molecule is COCCCOc1cc(C(N)=O)ccc1N. The van der Waals surface area contributed by atoms with Crippen LogP contribution in [0, 0.1) is 0 Å². The number of anilines is 1. The van der Waals surface area contributed by atoms with E-state index in [4.69, 9.17) is 20.9 Å². The Hall–Kier alpha value is -1.75. The fourth-order valence-corrected chi connectivity index (χ4v) is 1.20. The predicted octanol–water partition coefficient (Wildman–Crippen LogP) is 0.783. The Labute approximate surface area is 94.3 Å². The molecule has 1 amide bonds. The van der Waals surface area contributed by atoms with Gasteiger partial charge in [-0.15, -0.1) is 0 Å². The van der Waals surface area contributed by atoms with Gasteiger partial charge in [-0.05, 0) is 18.2 Å². The van der Waals surface area contributed by atoms with Crippen LogP contribution in [0.3, 0.4) is 0 Å². The molecule has 0 radical (unpaired) electrons. The lowest BCUT2D eigenvalue weighted by Crippen LogP contribution is -2.11. The molecular weight excluding hydrogens is 208 g/mol. The van der Waals surface area contributed by atoms with Gasteiger partial charge in [-0.1, -0.05) is 0 Å². The molecule has 5 nitrogen and oxygen atoms in total. The molecule has 0 bridgehead atoms. The fourth-order valence-electron chi connectivity index (χ4n) is 1.20. The van der Waals surface area contributed by atoms with Crippen LogP contribution in [-0.2, 0) is 4.74 Å². The molecule has 0 aliphatic rings. The number of nitrogen functional groups attached to an aromatic ring is 1. The van der Waals surface area contributed by atoms with Gasteiger partial charge in [-0.3, -0.25) is 4.79 Å². The van der Waals surface area contributed by atoms with Crippen LogP contribution in [-0.4, -0.2) is 26.2 Å². The van der Waals surface area contributed by atoms with E-state index < -0.39 is 5.91 Å². The molecule has 0 aromatic heterocycles. The number of rotatable bonds is 6. The summed E-state index contributed by atoms with van der Waals surface area (Å²) < 4.78 is 10.3. The van der Waals surface area contributed by atoms with E-state index in [-0.39, 0.29) is 0 Å². The first kappa shape index (κ1) is 12.3. The molecular formula is C11H16N2O3. The second-order valence-corrected chi connectivity index (χ2v) is 3.31. The van der Waals surface area contributed by atoms with Gasteiger partial charge < -0.3 is 20.9 Å². The van der Waals surface area contributed by atoms with E-state index >= 15 is 0 Å². The van der Waals surface area contributed by atoms with E-state index in [2.05, 4.69) is 0 Å². The third-order valence-electron chi connectivity index (χ3n) is 2.05. The highest BCUT2D eigenvalue weighted by Crippen LogP contribution is 2.22. The minimum atomic E-state index is -0.498. The standard InChI is InChI=1S/C11H16N2O3/c1-15-5-2-6-16-10-7-8(11(13)14)3-4-9(10)12/h3-4,7H,2,5-6,12H2,1H3,(H2,13,14). The maximum Gasteiger partial charge on any atom is 0.248 e. The molecule has 0 saturated carbocycles. The molecule has 0 heterocycles. The van der Waals surface area contributed by atoms with Crippen LogP contribution in [0.2, 0.25) is 0 Å².